The van der Waals surface area contributed by atoms with Crippen molar-refractivity contribution in [2.45, 2.75) is 0 Å². The van der Waals surface area contributed by atoms with Crippen LogP contribution in [-0.2, 0) is 4.79 Å². The molecule has 0 saturated heterocycles. The van der Waals surface area contributed by atoms with Gasteiger partial charge in [-0.3, -0.25) is 10.1 Å². The fraction of sp³-hybridized carbons (Fsp3) is 0. The highest BCUT2D eigenvalue weighted by Crippen LogP contribution is 2.19. The van der Waals surface area contributed by atoms with Crippen molar-refractivity contribution in [3.05, 3.63) is 96.1 Å². The van der Waals surface area contributed by atoms with E-state index < -0.39 is 11.9 Å². The zero-order chi connectivity index (χ0) is 19.1. The Labute approximate surface area is 157 Å². The molecule has 5 heteroatoms. The number of benzene rings is 3. The number of phenols is 1. The second-order valence-corrected chi connectivity index (χ2v) is 5.79. The maximum absolute atomic E-state index is 12.7. The average molecular weight is 358 g/mol. The van der Waals surface area contributed by atoms with E-state index in [0.717, 1.165) is 5.56 Å². The van der Waals surface area contributed by atoms with E-state index in [4.69, 9.17) is 0 Å². The van der Waals surface area contributed by atoms with Gasteiger partial charge in [0.2, 0.25) is 0 Å². The largest absolute Gasteiger partial charge is 0.508 e. The highest BCUT2D eigenvalue weighted by atomic mass is 16.3. The second-order valence-electron chi connectivity index (χ2n) is 5.79. The molecular weight excluding hydrogens is 340 g/mol. The lowest BCUT2D eigenvalue weighted by Gasteiger charge is -2.10. The van der Waals surface area contributed by atoms with Gasteiger partial charge in [-0.15, -0.1) is 0 Å². The quantitative estimate of drug-likeness (QED) is 0.370. The molecule has 0 aromatic heterocycles. The molecule has 0 unspecified atom stereocenters. The standard InChI is InChI=1S/C22H18N2O3/c25-19-13-11-18(12-14-19)23-22(27)24-21(26)20(17-9-5-2-6-10-17)15-16-7-3-1-4-8-16/h1-15,25H,(H2,23,24,26,27)/b20-15-. The van der Waals surface area contributed by atoms with Crippen molar-refractivity contribution in [2.75, 3.05) is 5.32 Å². The molecule has 0 heterocycles. The number of carbonyl (C=O) groups excluding carboxylic acids is 2. The maximum Gasteiger partial charge on any atom is 0.326 e. The monoisotopic (exact) mass is 358 g/mol. The number of hydrogen-bond acceptors (Lipinski definition) is 3. The zero-order valence-corrected chi connectivity index (χ0v) is 14.4. The van der Waals surface area contributed by atoms with Gasteiger partial charge in [0.25, 0.3) is 5.91 Å². The lowest BCUT2D eigenvalue weighted by Crippen LogP contribution is -2.34. The van der Waals surface area contributed by atoms with Gasteiger partial charge in [-0.05, 0) is 41.5 Å². The summed E-state index contributed by atoms with van der Waals surface area (Å²) in [4.78, 5) is 24.9. The minimum atomic E-state index is -0.652. The molecule has 0 bridgehead atoms. The van der Waals surface area contributed by atoms with Crippen LogP contribution >= 0.6 is 0 Å². The van der Waals surface area contributed by atoms with Crippen LogP contribution in [0.5, 0.6) is 5.75 Å². The SMILES string of the molecule is O=C(NC(=O)/C(=C\c1ccccc1)c1ccccc1)Nc1ccc(O)cc1. The van der Waals surface area contributed by atoms with Crippen molar-refractivity contribution < 1.29 is 14.7 Å². The summed E-state index contributed by atoms with van der Waals surface area (Å²) in [7, 11) is 0. The van der Waals surface area contributed by atoms with Crippen molar-refractivity contribution in [1.29, 1.82) is 0 Å². The van der Waals surface area contributed by atoms with Crippen molar-refractivity contribution in [3.8, 4) is 5.75 Å². The van der Waals surface area contributed by atoms with Gasteiger partial charge < -0.3 is 10.4 Å². The zero-order valence-electron chi connectivity index (χ0n) is 14.4. The third-order valence-corrected chi connectivity index (χ3v) is 3.79. The average Bonchev–Trinajstić information content (AvgIpc) is 2.69. The van der Waals surface area contributed by atoms with Crippen LogP contribution in [0.25, 0.3) is 11.6 Å². The van der Waals surface area contributed by atoms with E-state index in [2.05, 4.69) is 10.6 Å². The molecule has 0 aliphatic heterocycles. The summed E-state index contributed by atoms with van der Waals surface area (Å²) in [6.07, 6.45) is 1.73. The van der Waals surface area contributed by atoms with E-state index in [-0.39, 0.29) is 5.75 Å². The Morgan fingerprint density at radius 2 is 1.37 bits per heavy atom. The maximum atomic E-state index is 12.7. The van der Waals surface area contributed by atoms with Gasteiger partial charge in [0.1, 0.15) is 5.75 Å². The lowest BCUT2D eigenvalue weighted by atomic mass is 10.0. The minimum Gasteiger partial charge on any atom is -0.508 e. The summed E-state index contributed by atoms with van der Waals surface area (Å²) in [6, 6.07) is 23.9. The van der Waals surface area contributed by atoms with Crippen LogP contribution in [-0.4, -0.2) is 17.0 Å². The van der Waals surface area contributed by atoms with E-state index in [0.29, 0.717) is 16.8 Å². The Balaban J connectivity index is 1.80. The summed E-state index contributed by atoms with van der Waals surface area (Å²) in [5.74, 6) is -0.421. The Bertz CT molecular complexity index is 950. The lowest BCUT2D eigenvalue weighted by molar-refractivity contribution is -0.114. The molecule has 0 atom stereocenters. The van der Waals surface area contributed by atoms with Crippen LogP contribution in [0, 0.1) is 0 Å². The molecule has 0 aliphatic rings. The highest BCUT2D eigenvalue weighted by Gasteiger charge is 2.15. The van der Waals surface area contributed by atoms with E-state index >= 15 is 0 Å². The molecule has 3 rings (SSSR count). The summed E-state index contributed by atoms with van der Waals surface area (Å²) >= 11 is 0. The third-order valence-electron chi connectivity index (χ3n) is 3.79. The first-order chi connectivity index (χ1) is 13.1. The van der Waals surface area contributed by atoms with Gasteiger partial charge in [0.05, 0.1) is 0 Å². The topological polar surface area (TPSA) is 78.4 Å². The Hall–Kier alpha value is -3.86. The number of imide groups is 1. The van der Waals surface area contributed by atoms with Gasteiger partial charge in [-0.2, -0.15) is 0 Å². The fourth-order valence-corrected chi connectivity index (χ4v) is 2.49. The van der Waals surface area contributed by atoms with Crippen molar-refractivity contribution in [3.63, 3.8) is 0 Å². The molecule has 3 N–H and O–H groups in total. The van der Waals surface area contributed by atoms with E-state index in [9.17, 15) is 14.7 Å². The first kappa shape index (κ1) is 17.9. The van der Waals surface area contributed by atoms with E-state index in [1.165, 1.54) is 24.3 Å². The molecule has 0 spiro atoms. The van der Waals surface area contributed by atoms with Gasteiger partial charge in [0.15, 0.2) is 0 Å². The highest BCUT2D eigenvalue weighted by molar-refractivity contribution is 6.28. The van der Waals surface area contributed by atoms with Crippen molar-refractivity contribution >= 4 is 29.3 Å². The molecule has 134 valence electrons. The number of rotatable bonds is 4. The summed E-state index contributed by atoms with van der Waals surface area (Å²) < 4.78 is 0. The molecule has 0 radical (unpaired) electrons. The number of phenolic OH excluding ortho intramolecular Hbond substituents is 1. The molecule has 0 fully saturated rings. The molecule has 0 aliphatic carbocycles. The molecule has 5 nitrogen and oxygen atoms in total. The van der Waals surface area contributed by atoms with Crippen LogP contribution in [0.3, 0.4) is 0 Å². The van der Waals surface area contributed by atoms with Crippen LogP contribution in [0.1, 0.15) is 11.1 Å². The molecule has 3 aromatic carbocycles. The number of carbonyl (C=O) groups is 2. The normalized spacial score (nSPS) is 10.9. The second kappa shape index (κ2) is 8.49. The number of anilines is 1. The predicted molar refractivity (Wildman–Crippen MR) is 106 cm³/mol. The Kier molecular flexibility index (Phi) is 5.64. The van der Waals surface area contributed by atoms with Gasteiger partial charge in [-0.25, -0.2) is 4.79 Å². The van der Waals surface area contributed by atoms with Crippen LogP contribution in [0.15, 0.2) is 84.9 Å². The Morgan fingerprint density at radius 3 is 2.00 bits per heavy atom. The Morgan fingerprint density at radius 1 is 0.778 bits per heavy atom. The molecule has 27 heavy (non-hydrogen) atoms. The smallest absolute Gasteiger partial charge is 0.326 e. The summed E-state index contributed by atoms with van der Waals surface area (Å²) in [5.41, 5.74) is 2.40. The van der Waals surface area contributed by atoms with Crippen molar-refractivity contribution in [1.82, 2.24) is 5.32 Å². The number of aromatic hydroxyl groups is 1. The summed E-state index contributed by atoms with van der Waals surface area (Å²) in [5, 5.41) is 14.2. The van der Waals surface area contributed by atoms with E-state index in [1.807, 2.05) is 60.7 Å². The molecule has 0 saturated carbocycles. The van der Waals surface area contributed by atoms with Gasteiger partial charge in [0, 0.05) is 11.3 Å². The van der Waals surface area contributed by atoms with Gasteiger partial charge >= 0.3 is 6.03 Å². The molecular formula is C22H18N2O3. The van der Waals surface area contributed by atoms with Crippen LogP contribution < -0.4 is 10.6 Å². The predicted octanol–water partition coefficient (Wildman–Crippen LogP) is 4.28. The van der Waals surface area contributed by atoms with Crippen LogP contribution in [0.2, 0.25) is 0 Å². The summed E-state index contributed by atoms with van der Waals surface area (Å²) in [6.45, 7) is 0. The number of urea groups is 1. The third kappa shape index (κ3) is 5.06. The fourth-order valence-electron chi connectivity index (χ4n) is 2.49. The van der Waals surface area contributed by atoms with Crippen molar-refractivity contribution in [2.24, 2.45) is 0 Å². The first-order valence-electron chi connectivity index (χ1n) is 8.35. The molecule has 3 aromatic rings. The van der Waals surface area contributed by atoms with Crippen LogP contribution in [0.4, 0.5) is 10.5 Å². The van der Waals surface area contributed by atoms with E-state index in [1.54, 1.807) is 6.08 Å². The number of hydrogen-bond donors (Lipinski definition) is 3. The number of nitrogens with one attached hydrogen (secondary N) is 2. The first-order valence-corrected chi connectivity index (χ1v) is 8.35. The number of amides is 3. The molecule has 3 amide bonds. The minimum absolute atomic E-state index is 0.0918. The van der Waals surface area contributed by atoms with Gasteiger partial charge in [-0.1, -0.05) is 60.7 Å².